The number of aryl methyl sites for hydroxylation is 2. The van der Waals surface area contributed by atoms with Crippen molar-refractivity contribution in [3.05, 3.63) is 120 Å². The summed E-state index contributed by atoms with van der Waals surface area (Å²) in [6.45, 7) is 8.15. The molecule has 4 aromatic rings. The van der Waals surface area contributed by atoms with Gasteiger partial charge < -0.3 is 10.4 Å². The van der Waals surface area contributed by atoms with Crippen LogP contribution in [-0.4, -0.2) is 27.0 Å². The molecule has 1 amide bonds. The van der Waals surface area contributed by atoms with Crippen molar-refractivity contribution in [3.8, 4) is 0 Å². The van der Waals surface area contributed by atoms with E-state index in [4.69, 9.17) is 4.98 Å². The van der Waals surface area contributed by atoms with Crippen molar-refractivity contribution in [1.82, 2.24) is 14.7 Å². The number of amides is 1. The zero-order valence-electron chi connectivity index (χ0n) is 24.9. The lowest BCUT2D eigenvalue weighted by molar-refractivity contribution is -0.127. The van der Waals surface area contributed by atoms with E-state index < -0.39 is 6.04 Å². The topological polar surface area (TPSA) is 66.6 Å². The number of nitrogens with one attached hydrogen (secondary N) is 1. The van der Waals surface area contributed by atoms with Gasteiger partial charge in [-0.05, 0) is 61.8 Å². The molecular formula is C37H43N3O2. The van der Waals surface area contributed by atoms with E-state index in [0.717, 1.165) is 48.2 Å². The first kappa shape index (κ1) is 29.5. The van der Waals surface area contributed by atoms with Crippen molar-refractivity contribution in [2.24, 2.45) is 11.8 Å². The monoisotopic (exact) mass is 561 g/mol. The van der Waals surface area contributed by atoms with E-state index in [1.807, 2.05) is 36.4 Å². The number of fused-ring (bicyclic) bond motifs is 3. The minimum Gasteiger partial charge on any atom is -0.394 e. The van der Waals surface area contributed by atoms with Crippen LogP contribution in [0.1, 0.15) is 67.6 Å². The first-order valence-electron chi connectivity index (χ1n) is 15.4. The number of benzene rings is 2. The van der Waals surface area contributed by atoms with E-state index in [9.17, 15) is 9.90 Å². The third-order valence-corrected chi connectivity index (χ3v) is 8.73. The summed E-state index contributed by atoms with van der Waals surface area (Å²) in [5.41, 5.74) is 7.73. The highest BCUT2D eigenvalue weighted by Gasteiger charge is 2.31. The van der Waals surface area contributed by atoms with Gasteiger partial charge in [-0.25, -0.2) is 4.98 Å². The molecule has 5 rings (SSSR count). The van der Waals surface area contributed by atoms with Gasteiger partial charge in [-0.2, -0.15) is 0 Å². The van der Waals surface area contributed by atoms with Crippen molar-refractivity contribution in [3.63, 3.8) is 0 Å². The van der Waals surface area contributed by atoms with Crippen LogP contribution in [0.2, 0.25) is 0 Å². The van der Waals surface area contributed by atoms with Crippen molar-refractivity contribution < 1.29 is 9.90 Å². The van der Waals surface area contributed by atoms with E-state index >= 15 is 0 Å². The number of rotatable bonds is 12. The molecule has 1 fully saturated rings. The molecule has 2 heterocycles. The Morgan fingerprint density at radius 2 is 1.88 bits per heavy atom. The van der Waals surface area contributed by atoms with Gasteiger partial charge in [0.15, 0.2) is 0 Å². The number of aliphatic hydroxyl groups excluding tert-OH is 1. The minimum atomic E-state index is -0.400. The van der Waals surface area contributed by atoms with Crippen molar-refractivity contribution in [2.75, 3.05) is 6.61 Å². The molecule has 2 aromatic carbocycles. The standard InChI is InChI=1S/C37H43N3O2/c1-4-14-27(24-33-32-20-11-12-22-35(32)40-26(3)23-30(5-2)38-36(33)40)15-13-21-31(28-16-9-10-17-28)37(42)39-34(25-41)29-18-7-6-8-19-29/h4,6-8,11-15,18-20,22-23,28,31,34,41H,1,5,9-10,16-17,21,24-25H2,2-3H3,(H,39,42)/b15-13-,27-14+/t31?,34-/m0/s1. The molecule has 1 saturated carbocycles. The Labute approximate surface area is 249 Å². The van der Waals surface area contributed by atoms with Crippen LogP contribution in [0.15, 0.2) is 97.1 Å². The molecule has 0 spiro atoms. The summed E-state index contributed by atoms with van der Waals surface area (Å²) in [6, 6.07) is 20.0. The van der Waals surface area contributed by atoms with Crippen molar-refractivity contribution >= 4 is 22.5 Å². The van der Waals surface area contributed by atoms with Gasteiger partial charge >= 0.3 is 0 Å². The molecule has 0 radical (unpaired) electrons. The van der Waals surface area contributed by atoms with Crippen LogP contribution in [0.5, 0.6) is 0 Å². The summed E-state index contributed by atoms with van der Waals surface area (Å²) in [4.78, 5) is 18.7. The predicted molar refractivity (Wildman–Crippen MR) is 172 cm³/mol. The van der Waals surface area contributed by atoms with Crippen molar-refractivity contribution in [1.29, 1.82) is 0 Å². The van der Waals surface area contributed by atoms with Gasteiger partial charge in [-0.1, -0.05) is 99.2 Å². The molecule has 218 valence electrons. The van der Waals surface area contributed by atoms with E-state index in [2.05, 4.69) is 78.7 Å². The molecule has 0 saturated heterocycles. The maximum Gasteiger partial charge on any atom is 0.224 e. The number of allylic oxidation sites excluding steroid dienone is 5. The van der Waals surface area contributed by atoms with Crippen LogP contribution < -0.4 is 5.32 Å². The Balaban J connectivity index is 1.40. The molecule has 1 unspecified atom stereocenters. The third-order valence-electron chi connectivity index (χ3n) is 8.73. The lowest BCUT2D eigenvalue weighted by Crippen LogP contribution is -2.38. The van der Waals surface area contributed by atoms with Gasteiger partial charge in [0.05, 0.1) is 18.2 Å². The molecule has 0 aliphatic heterocycles. The normalized spacial score (nSPS) is 15.9. The highest BCUT2D eigenvalue weighted by molar-refractivity contribution is 5.91. The average molecular weight is 562 g/mol. The largest absolute Gasteiger partial charge is 0.394 e. The van der Waals surface area contributed by atoms with Gasteiger partial charge in [0.25, 0.3) is 0 Å². The molecule has 5 nitrogen and oxygen atoms in total. The van der Waals surface area contributed by atoms with Crippen LogP contribution in [0.4, 0.5) is 0 Å². The van der Waals surface area contributed by atoms with Gasteiger partial charge in [-0.3, -0.25) is 9.20 Å². The molecule has 1 aliphatic carbocycles. The molecule has 2 N–H and O–H groups in total. The van der Waals surface area contributed by atoms with Gasteiger partial charge in [-0.15, -0.1) is 0 Å². The number of carbonyl (C=O) groups excluding carboxylic acids is 1. The molecule has 5 heteroatoms. The number of hydrogen-bond acceptors (Lipinski definition) is 3. The first-order valence-corrected chi connectivity index (χ1v) is 15.4. The number of hydrogen-bond donors (Lipinski definition) is 2. The van der Waals surface area contributed by atoms with Crippen LogP contribution in [-0.2, 0) is 17.6 Å². The highest BCUT2D eigenvalue weighted by atomic mass is 16.3. The van der Waals surface area contributed by atoms with Gasteiger partial charge in [0.1, 0.15) is 5.65 Å². The molecule has 2 atom stereocenters. The van der Waals surface area contributed by atoms with Crippen LogP contribution in [0, 0.1) is 18.8 Å². The van der Waals surface area contributed by atoms with Crippen LogP contribution >= 0.6 is 0 Å². The molecule has 1 aliphatic rings. The molecule has 2 aromatic heterocycles. The Morgan fingerprint density at radius 1 is 1.14 bits per heavy atom. The average Bonchev–Trinajstić information content (AvgIpc) is 3.65. The highest BCUT2D eigenvalue weighted by Crippen LogP contribution is 2.35. The fraction of sp³-hybridized carbons (Fsp3) is 0.351. The van der Waals surface area contributed by atoms with Crippen LogP contribution in [0.3, 0.4) is 0 Å². The maximum absolute atomic E-state index is 13.6. The number of para-hydroxylation sites is 1. The fourth-order valence-electron chi connectivity index (χ4n) is 6.56. The van der Waals surface area contributed by atoms with Gasteiger partial charge in [0, 0.05) is 34.7 Å². The summed E-state index contributed by atoms with van der Waals surface area (Å²) >= 11 is 0. The van der Waals surface area contributed by atoms with E-state index in [1.54, 1.807) is 0 Å². The SMILES string of the molecule is C=C/C=C(\C=C/CC(C(=O)N[C@@H](CO)c1ccccc1)C1CCCC1)Cc1c2ccccc2n2c(C)cc(CC)nc12. The molecule has 42 heavy (non-hydrogen) atoms. The number of nitrogens with zero attached hydrogens (tertiary/aromatic N) is 2. The molecular weight excluding hydrogens is 518 g/mol. The Hall–Kier alpha value is -3.96. The Morgan fingerprint density at radius 3 is 2.60 bits per heavy atom. The zero-order chi connectivity index (χ0) is 29.5. The quantitative estimate of drug-likeness (QED) is 0.175. The fourth-order valence-corrected chi connectivity index (χ4v) is 6.56. The lowest BCUT2D eigenvalue weighted by atomic mass is 9.86. The lowest BCUT2D eigenvalue weighted by Gasteiger charge is -2.25. The Kier molecular flexibility index (Phi) is 9.70. The maximum atomic E-state index is 13.6. The predicted octanol–water partition coefficient (Wildman–Crippen LogP) is 7.62. The first-order chi connectivity index (χ1) is 20.5. The number of aromatic nitrogens is 2. The summed E-state index contributed by atoms with van der Waals surface area (Å²) < 4.78 is 2.27. The number of carbonyl (C=O) groups is 1. The zero-order valence-corrected chi connectivity index (χ0v) is 24.9. The van der Waals surface area contributed by atoms with Crippen molar-refractivity contribution in [2.45, 2.75) is 64.8 Å². The summed E-state index contributed by atoms with van der Waals surface area (Å²) in [5.74, 6) is 0.259. The summed E-state index contributed by atoms with van der Waals surface area (Å²) in [7, 11) is 0. The second-order valence-electron chi connectivity index (χ2n) is 11.5. The third kappa shape index (κ3) is 6.42. The van der Waals surface area contributed by atoms with E-state index in [0.29, 0.717) is 12.3 Å². The molecule has 0 bridgehead atoms. The van der Waals surface area contributed by atoms with E-state index in [-0.39, 0.29) is 18.4 Å². The van der Waals surface area contributed by atoms with Gasteiger partial charge in [0.2, 0.25) is 5.91 Å². The second kappa shape index (κ2) is 13.8. The smallest absolute Gasteiger partial charge is 0.224 e. The summed E-state index contributed by atoms with van der Waals surface area (Å²) in [5, 5.41) is 14.4. The minimum absolute atomic E-state index is 0.0277. The van der Waals surface area contributed by atoms with E-state index in [1.165, 1.54) is 35.0 Å². The second-order valence-corrected chi connectivity index (χ2v) is 11.5. The number of aliphatic hydroxyl groups is 1. The van der Waals surface area contributed by atoms with Crippen LogP contribution in [0.25, 0.3) is 16.6 Å². The summed E-state index contributed by atoms with van der Waals surface area (Å²) in [6.07, 6.45) is 15.0. The Bertz CT molecular complexity index is 1590.